The summed E-state index contributed by atoms with van der Waals surface area (Å²) in [5.41, 5.74) is 0.386. The lowest BCUT2D eigenvalue weighted by atomic mass is 10.2. The highest BCUT2D eigenvalue weighted by Gasteiger charge is 2.23. The van der Waals surface area contributed by atoms with Crippen LogP contribution in [0.3, 0.4) is 0 Å². The minimum absolute atomic E-state index is 0.0481. The number of hydrogen-bond donors (Lipinski definition) is 3. The van der Waals surface area contributed by atoms with Crippen molar-refractivity contribution in [1.82, 2.24) is 9.29 Å². The van der Waals surface area contributed by atoms with Gasteiger partial charge in [0.2, 0.25) is 0 Å². The molecule has 0 fully saturated rings. The second kappa shape index (κ2) is 5.40. The number of aromatic carboxylic acids is 1. The number of rotatable bonds is 6. The first kappa shape index (κ1) is 14.5. The van der Waals surface area contributed by atoms with Gasteiger partial charge in [-0.2, -0.15) is 12.7 Å². The fraction of sp³-hybridized carbons (Fsp3) is 0.500. The molecule has 0 aliphatic heterocycles. The van der Waals surface area contributed by atoms with Crippen LogP contribution >= 0.6 is 0 Å². The molecule has 0 aromatic carbocycles. The number of nitrogens with one attached hydrogen (secondary N) is 2. The molecule has 0 saturated carbocycles. The first-order chi connectivity index (χ1) is 8.33. The van der Waals surface area contributed by atoms with E-state index in [4.69, 9.17) is 5.11 Å². The lowest BCUT2D eigenvalue weighted by Gasteiger charge is -2.19. The van der Waals surface area contributed by atoms with Gasteiger partial charge in [0.1, 0.15) is 5.56 Å². The topological polar surface area (TPSA) is 103 Å². The van der Waals surface area contributed by atoms with Crippen LogP contribution in [0.1, 0.15) is 29.9 Å². The molecule has 1 heterocycles. The molecule has 0 amide bonds. The highest BCUT2D eigenvalue weighted by Crippen LogP contribution is 2.21. The molecule has 0 unspecified atom stereocenters. The van der Waals surface area contributed by atoms with E-state index >= 15 is 0 Å². The molecule has 0 spiro atoms. The minimum atomic E-state index is -3.72. The lowest BCUT2D eigenvalue weighted by Crippen LogP contribution is -2.35. The van der Waals surface area contributed by atoms with Crippen molar-refractivity contribution in [2.75, 3.05) is 17.8 Å². The number of anilines is 1. The highest BCUT2D eigenvalue weighted by atomic mass is 32.2. The molecule has 0 bridgehead atoms. The van der Waals surface area contributed by atoms with Crippen LogP contribution in [0.25, 0.3) is 0 Å². The summed E-state index contributed by atoms with van der Waals surface area (Å²) in [6.45, 7) is 5.63. The molecule has 0 aliphatic rings. The number of carboxylic acids is 1. The Morgan fingerprint density at radius 3 is 2.44 bits per heavy atom. The first-order valence-corrected chi connectivity index (χ1v) is 6.96. The van der Waals surface area contributed by atoms with Gasteiger partial charge in [-0.3, -0.25) is 4.72 Å². The van der Waals surface area contributed by atoms with Crippen LogP contribution in [0, 0.1) is 6.92 Å². The summed E-state index contributed by atoms with van der Waals surface area (Å²) in [7, 11) is -3.72. The van der Waals surface area contributed by atoms with Crippen LogP contribution in [0.5, 0.6) is 0 Å². The van der Waals surface area contributed by atoms with Crippen LogP contribution in [0.4, 0.5) is 5.69 Å². The Kier molecular flexibility index (Phi) is 4.36. The SMILES string of the molecule is CCN(CC)S(=O)(=O)Nc1c[nH]c(C)c1C(=O)O. The Balaban J connectivity index is 3.09. The van der Waals surface area contributed by atoms with Crippen molar-refractivity contribution in [3.63, 3.8) is 0 Å². The fourth-order valence-corrected chi connectivity index (χ4v) is 2.90. The molecule has 102 valence electrons. The smallest absolute Gasteiger partial charge is 0.339 e. The van der Waals surface area contributed by atoms with Gasteiger partial charge in [-0.15, -0.1) is 0 Å². The summed E-state index contributed by atoms with van der Waals surface area (Å²) in [4.78, 5) is 13.7. The van der Waals surface area contributed by atoms with Crippen LogP contribution in [-0.4, -0.2) is 41.9 Å². The molecule has 18 heavy (non-hydrogen) atoms. The van der Waals surface area contributed by atoms with Crippen molar-refractivity contribution in [2.24, 2.45) is 0 Å². The molecule has 0 radical (unpaired) electrons. The predicted molar refractivity (Wildman–Crippen MR) is 68.0 cm³/mol. The lowest BCUT2D eigenvalue weighted by molar-refractivity contribution is 0.0697. The molecule has 1 rings (SSSR count). The molecule has 0 atom stereocenters. The minimum Gasteiger partial charge on any atom is -0.478 e. The van der Waals surface area contributed by atoms with Gasteiger partial charge in [-0.05, 0) is 6.92 Å². The number of carboxylic acid groups (broad SMARTS) is 1. The third-order valence-corrected chi connectivity index (χ3v) is 4.25. The van der Waals surface area contributed by atoms with Gasteiger partial charge in [-0.1, -0.05) is 13.8 Å². The third kappa shape index (κ3) is 2.82. The van der Waals surface area contributed by atoms with Gasteiger partial charge in [0.05, 0.1) is 5.69 Å². The third-order valence-electron chi connectivity index (χ3n) is 2.58. The van der Waals surface area contributed by atoms with Crippen LogP contribution in [0.15, 0.2) is 6.20 Å². The van der Waals surface area contributed by atoms with E-state index in [-0.39, 0.29) is 11.3 Å². The summed E-state index contributed by atoms with van der Waals surface area (Å²) < 4.78 is 27.4. The van der Waals surface area contributed by atoms with Crippen LogP contribution in [0.2, 0.25) is 0 Å². The Morgan fingerprint density at radius 2 is 2.00 bits per heavy atom. The average molecular weight is 275 g/mol. The number of H-pyrrole nitrogens is 1. The van der Waals surface area contributed by atoms with Crippen LogP contribution < -0.4 is 4.72 Å². The Morgan fingerprint density at radius 1 is 1.44 bits per heavy atom. The van der Waals surface area contributed by atoms with Gasteiger partial charge < -0.3 is 10.1 Å². The van der Waals surface area contributed by atoms with E-state index in [1.54, 1.807) is 20.8 Å². The van der Waals surface area contributed by atoms with E-state index < -0.39 is 16.2 Å². The van der Waals surface area contributed by atoms with Crippen molar-refractivity contribution in [3.8, 4) is 0 Å². The standard InChI is InChI=1S/C10H17N3O4S/c1-4-13(5-2)18(16,17)12-8-6-11-7(3)9(8)10(14)15/h6,11-12H,4-5H2,1-3H3,(H,14,15). The van der Waals surface area contributed by atoms with Gasteiger partial charge in [0.25, 0.3) is 0 Å². The van der Waals surface area contributed by atoms with Crippen molar-refractivity contribution in [3.05, 3.63) is 17.5 Å². The second-order valence-electron chi connectivity index (χ2n) is 3.70. The number of carbonyl (C=O) groups is 1. The van der Waals surface area contributed by atoms with Crippen molar-refractivity contribution >= 4 is 21.9 Å². The zero-order valence-corrected chi connectivity index (χ0v) is 11.3. The maximum Gasteiger partial charge on any atom is 0.339 e. The first-order valence-electron chi connectivity index (χ1n) is 5.52. The molecule has 0 saturated heterocycles. The Labute approximate surface area is 106 Å². The maximum atomic E-state index is 12.0. The normalized spacial score (nSPS) is 11.8. The summed E-state index contributed by atoms with van der Waals surface area (Å²) in [6.07, 6.45) is 1.33. The molecule has 1 aromatic heterocycles. The highest BCUT2D eigenvalue weighted by molar-refractivity contribution is 7.90. The Bertz CT molecular complexity index is 531. The van der Waals surface area contributed by atoms with Gasteiger partial charge in [0.15, 0.2) is 0 Å². The number of aryl methyl sites for hydroxylation is 1. The number of hydrogen-bond acceptors (Lipinski definition) is 3. The number of nitrogens with zero attached hydrogens (tertiary/aromatic N) is 1. The summed E-state index contributed by atoms with van der Waals surface area (Å²) in [5, 5.41) is 9.02. The van der Waals surface area contributed by atoms with Crippen molar-refractivity contribution in [1.29, 1.82) is 0 Å². The average Bonchev–Trinajstić information content (AvgIpc) is 2.60. The van der Waals surface area contributed by atoms with E-state index in [0.29, 0.717) is 18.8 Å². The number of aromatic nitrogens is 1. The van der Waals surface area contributed by atoms with E-state index in [1.807, 2.05) is 0 Å². The quantitative estimate of drug-likeness (QED) is 0.721. The fourth-order valence-electron chi connectivity index (χ4n) is 1.65. The second-order valence-corrected chi connectivity index (χ2v) is 5.37. The van der Waals surface area contributed by atoms with Crippen LogP contribution in [-0.2, 0) is 10.2 Å². The number of aromatic amines is 1. The summed E-state index contributed by atoms with van der Waals surface area (Å²) in [6, 6.07) is 0. The van der Waals surface area contributed by atoms with Gasteiger partial charge in [-0.25, -0.2) is 4.79 Å². The maximum absolute atomic E-state index is 12.0. The molecule has 0 aliphatic carbocycles. The monoisotopic (exact) mass is 275 g/mol. The molecule has 8 heteroatoms. The van der Waals surface area contributed by atoms with Gasteiger partial charge in [0, 0.05) is 25.0 Å². The summed E-state index contributed by atoms with van der Waals surface area (Å²) in [5.74, 6) is -1.18. The van der Waals surface area contributed by atoms with Crippen molar-refractivity contribution in [2.45, 2.75) is 20.8 Å². The predicted octanol–water partition coefficient (Wildman–Crippen LogP) is 1.02. The van der Waals surface area contributed by atoms with Gasteiger partial charge >= 0.3 is 16.2 Å². The van der Waals surface area contributed by atoms with E-state index in [0.717, 1.165) is 0 Å². The largest absolute Gasteiger partial charge is 0.478 e. The van der Waals surface area contributed by atoms with E-state index in [2.05, 4.69) is 9.71 Å². The molecule has 3 N–H and O–H groups in total. The molecular formula is C10H17N3O4S. The Hall–Kier alpha value is -1.54. The molecule has 7 nitrogen and oxygen atoms in total. The van der Waals surface area contributed by atoms with E-state index in [9.17, 15) is 13.2 Å². The zero-order chi connectivity index (χ0) is 13.9. The summed E-state index contributed by atoms with van der Waals surface area (Å²) >= 11 is 0. The molecular weight excluding hydrogens is 258 g/mol. The zero-order valence-electron chi connectivity index (χ0n) is 10.5. The van der Waals surface area contributed by atoms with Crippen molar-refractivity contribution < 1.29 is 18.3 Å². The molecule has 1 aromatic rings. The van der Waals surface area contributed by atoms with E-state index in [1.165, 1.54) is 10.5 Å².